The van der Waals surface area contributed by atoms with Crippen molar-refractivity contribution in [2.75, 3.05) is 13.6 Å². The predicted octanol–water partition coefficient (Wildman–Crippen LogP) is 2.84. The fourth-order valence-corrected chi connectivity index (χ4v) is 1.88. The Balaban J connectivity index is 0.00000220. The molecule has 5 nitrogen and oxygen atoms in total. The number of carbonyl (C=O) groups excluding carboxylic acids is 1. The monoisotopic (exact) mass is 329 g/mol. The smallest absolute Gasteiger partial charge is 0.292 e. The van der Waals surface area contributed by atoms with Crippen LogP contribution in [0, 0.1) is 0 Å². The number of hydrogen-bond acceptors (Lipinski definition) is 4. The topological polar surface area (TPSA) is 72.4 Å². The minimum absolute atomic E-state index is 0. The Morgan fingerprint density at radius 1 is 1.48 bits per heavy atom. The van der Waals surface area contributed by atoms with Gasteiger partial charge in [-0.1, -0.05) is 28.9 Å². The van der Waals surface area contributed by atoms with Gasteiger partial charge in [-0.3, -0.25) is 4.79 Å². The molecule has 0 aliphatic carbocycles. The normalized spacial score (nSPS) is 11.6. The van der Waals surface area contributed by atoms with E-state index in [4.69, 9.17) is 21.9 Å². The van der Waals surface area contributed by atoms with Gasteiger partial charge in [0.2, 0.25) is 5.76 Å². The van der Waals surface area contributed by atoms with Crippen LogP contribution in [0.15, 0.2) is 34.9 Å². The fraction of sp³-hybridized carbons (Fsp3) is 0.286. The van der Waals surface area contributed by atoms with Gasteiger partial charge < -0.3 is 15.2 Å². The van der Waals surface area contributed by atoms with Crippen LogP contribution in [0.3, 0.4) is 0 Å². The highest BCUT2D eigenvalue weighted by Gasteiger charge is 2.21. The van der Waals surface area contributed by atoms with E-state index in [1.54, 1.807) is 25.2 Å². The van der Waals surface area contributed by atoms with Crippen molar-refractivity contribution >= 4 is 29.9 Å². The molecule has 1 amide bonds. The van der Waals surface area contributed by atoms with Crippen LogP contribution < -0.4 is 5.73 Å². The molecular formula is C14H17Cl2N3O2. The van der Waals surface area contributed by atoms with Crippen molar-refractivity contribution < 1.29 is 9.32 Å². The first-order chi connectivity index (χ1) is 9.52. The van der Waals surface area contributed by atoms with Crippen molar-refractivity contribution in [1.82, 2.24) is 10.1 Å². The zero-order chi connectivity index (χ0) is 14.7. The number of nitrogens with zero attached hydrogens (tertiary/aromatic N) is 2. The van der Waals surface area contributed by atoms with Crippen molar-refractivity contribution in [3.63, 3.8) is 0 Å². The molecule has 2 N–H and O–H groups in total. The van der Waals surface area contributed by atoms with Crippen LogP contribution in [0.1, 0.15) is 17.5 Å². The molecule has 1 atom stereocenters. The molecule has 114 valence electrons. The van der Waals surface area contributed by atoms with E-state index in [1.165, 1.54) is 4.90 Å². The highest BCUT2D eigenvalue weighted by Crippen LogP contribution is 2.23. The first-order valence-electron chi connectivity index (χ1n) is 6.22. The predicted molar refractivity (Wildman–Crippen MR) is 84.8 cm³/mol. The van der Waals surface area contributed by atoms with E-state index < -0.39 is 0 Å². The van der Waals surface area contributed by atoms with Crippen LogP contribution in [-0.2, 0) is 0 Å². The Kier molecular flexibility index (Phi) is 6.20. The van der Waals surface area contributed by atoms with Gasteiger partial charge in [-0.2, -0.15) is 0 Å². The summed E-state index contributed by atoms with van der Waals surface area (Å²) in [5.41, 5.74) is 6.92. The van der Waals surface area contributed by atoms with Gasteiger partial charge in [-0.25, -0.2) is 0 Å². The maximum Gasteiger partial charge on any atom is 0.292 e. The molecule has 0 fully saturated rings. The number of halogens is 2. The summed E-state index contributed by atoms with van der Waals surface area (Å²) >= 11 is 5.93. The number of rotatable bonds is 4. The highest BCUT2D eigenvalue weighted by atomic mass is 35.5. The van der Waals surface area contributed by atoms with E-state index in [0.29, 0.717) is 17.3 Å². The number of nitrogens with two attached hydrogens (primary N) is 1. The number of hydrogen-bond donors (Lipinski definition) is 1. The van der Waals surface area contributed by atoms with E-state index in [1.807, 2.05) is 19.1 Å². The Hall–Kier alpha value is -1.56. The SMILES string of the molecule is CC(CN)N(C)C(=O)c1cc(-c2cccc(Cl)c2)no1.Cl. The molecular weight excluding hydrogens is 313 g/mol. The second-order valence-electron chi connectivity index (χ2n) is 4.59. The van der Waals surface area contributed by atoms with Crippen LogP contribution in [0.5, 0.6) is 0 Å². The first-order valence-corrected chi connectivity index (χ1v) is 6.60. The summed E-state index contributed by atoms with van der Waals surface area (Å²) < 4.78 is 5.11. The van der Waals surface area contributed by atoms with Gasteiger partial charge in [0, 0.05) is 36.3 Å². The summed E-state index contributed by atoms with van der Waals surface area (Å²) in [6.45, 7) is 2.25. The molecule has 7 heteroatoms. The van der Waals surface area contributed by atoms with Crippen molar-refractivity contribution in [1.29, 1.82) is 0 Å². The molecule has 0 aliphatic rings. The molecule has 1 unspecified atom stereocenters. The molecule has 2 rings (SSSR count). The number of likely N-dealkylation sites (N-methyl/N-ethyl adjacent to an activating group) is 1. The lowest BCUT2D eigenvalue weighted by atomic mass is 10.1. The molecule has 21 heavy (non-hydrogen) atoms. The van der Waals surface area contributed by atoms with Crippen molar-refractivity contribution in [3.8, 4) is 11.3 Å². The van der Waals surface area contributed by atoms with Crippen molar-refractivity contribution in [2.24, 2.45) is 5.73 Å². The quantitative estimate of drug-likeness (QED) is 0.936. The van der Waals surface area contributed by atoms with E-state index in [9.17, 15) is 4.79 Å². The molecule has 0 spiro atoms. The lowest BCUT2D eigenvalue weighted by molar-refractivity contribution is 0.0706. The third kappa shape index (κ3) is 3.97. The minimum atomic E-state index is -0.247. The average molecular weight is 330 g/mol. The maximum atomic E-state index is 12.2. The number of benzene rings is 1. The van der Waals surface area contributed by atoms with Crippen LogP contribution >= 0.6 is 24.0 Å². The van der Waals surface area contributed by atoms with E-state index in [2.05, 4.69) is 5.16 Å². The third-order valence-electron chi connectivity index (χ3n) is 3.16. The minimum Gasteiger partial charge on any atom is -0.350 e. The van der Waals surface area contributed by atoms with E-state index >= 15 is 0 Å². The molecule has 1 heterocycles. The Morgan fingerprint density at radius 2 is 2.19 bits per heavy atom. The molecule has 2 aromatic rings. The Morgan fingerprint density at radius 3 is 2.81 bits per heavy atom. The average Bonchev–Trinajstić information content (AvgIpc) is 2.94. The number of carbonyl (C=O) groups is 1. The van der Waals surface area contributed by atoms with E-state index in [0.717, 1.165) is 5.56 Å². The number of aromatic nitrogens is 1. The Bertz CT molecular complexity index is 616. The zero-order valence-corrected chi connectivity index (χ0v) is 13.3. The lowest BCUT2D eigenvalue weighted by Crippen LogP contribution is -2.39. The van der Waals surface area contributed by atoms with Gasteiger partial charge in [0.25, 0.3) is 5.91 Å². The van der Waals surface area contributed by atoms with Crippen LogP contribution in [0.2, 0.25) is 5.02 Å². The molecule has 0 radical (unpaired) electrons. The second-order valence-corrected chi connectivity index (χ2v) is 5.02. The van der Waals surface area contributed by atoms with Crippen LogP contribution in [-0.4, -0.2) is 35.6 Å². The van der Waals surface area contributed by atoms with Gasteiger partial charge in [-0.15, -0.1) is 12.4 Å². The summed E-state index contributed by atoms with van der Waals surface area (Å²) in [6, 6.07) is 8.74. The molecule has 0 saturated heterocycles. The van der Waals surface area contributed by atoms with Gasteiger partial charge in [0.1, 0.15) is 5.69 Å². The largest absolute Gasteiger partial charge is 0.350 e. The van der Waals surface area contributed by atoms with Gasteiger partial charge in [0.15, 0.2) is 0 Å². The highest BCUT2D eigenvalue weighted by molar-refractivity contribution is 6.30. The number of amides is 1. The fourth-order valence-electron chi connectivity index (χ4n) is 1.69. The van der Waals surface area contributed by atoms with Crippen LogP contribution in [0.4, 0.5) is 0 Å². The maximum absolute atomic E-state index is 12.2. The molecule has 1 aromatic carbocycles. The van der Waals surface area contributed by atoms with Crippen molar-refractivity contribution in [2.45, 2.75) is 13.0 Å². The third-order valence-corrected chi connectivity index (χ3v) is 3.40. The van der Waals surface area contributed by atoms with Gasteiger partial charge in [-0.05, 0) is 19.1 Å². The molecule has 0 saturated carbocycles. The van der Waals surface area contributed by atoms with Crippen molar-refractivity contribution in [3.05, 3.63) is 41.1 Å². The summed E-state index contributed by atoms with van der Waals surface area (Å²) in [6.07, 6.45) is 0. The zero-order valence-electron chi connectivity index (χ0n) is 11.7. The lowest BCUT2D eigenvalue weighted by Gasteiger charge is -2.21. The van der Waals surface area contributed by atoms with E-state index in [-0.39, 0.29) is 30.1 Å². The Labute approximate surface area is 134 Å². The van der Waals surface area contributed by atoms with Crippen LogP contribution in [0.25, 0.3) is 11.3 Å². The standard InChI is InChI=1S/C14H16ClN3O2.ClH/c1-9(8-16)18(2)14(19)13-7-12(17-20-13)10-4-3-5-11(15)6-10;/h3-7,9H,8,16H2,1-2H3;1H. The molecule has 0 aliphatic heterocycles. The second kappa shape index (κ2) is 7.45. The molecule has 1 aromatic heterocycles. The van der Waals surface area contributed by atoms with Gasteiger partial charge in [0.05, 0.1) is 0 Å². The summed E-state index contributed by atoms with van der Waals surface area (Å²) in [5.74, 6) is -0.0634. The van der Waals surface area contributed by atoms with Gasteiger partial charge >= 0.3 is 0 Å². The molecule has 0 bridgehead atoms. The summed E-state index contributed by atoms with van der Waals surface area (Å²) in [5, 5.41) is 4.51. The first kappa shape index (κ1) is 17.5. The summed E-state index contributed by atoms with van der Waals surface area (Å²) in [7, 11) is 1.68. The summed E-state index contributed by atoms with van der Waals surface area (Å²) in [4.78, 5) is 13.7.